The Hall–Kier alpha value is 0.0200. The number of hydrogen-bond acceptors (Lipinski definition) is 2. The van der Waals surface area contributed by atoms with E-state index in [0.717, 1.165) is 6.42 Å². The summed E-state index contributed by atoms with van der Waals surface area (Å²) in [5.41, 5.74) is 1.39. The molecule has 0 bridgehead atoms. The lowest BCUT2D eigenvalue weighted by molar-refractivity contribution is 0.504. The standard InChI is InChI=1S/C11H23NS/c1-7-11(5,6)12-9(3)10(4)13-8-2/h10H,7-8H2,1-6H3. The van der Waals surface area contributed by atoms with E-state index in [1.165, 1.54) is 11.5 Å². The predicted molar refractivity (Wildman–Crippen MR) is 65.1 cm³/mol. The molecule has 1 atom stereocenters. The highest BCUT2D eigenvalue weighted by Crippen LogP contribution is 2.18. The summed E-state index contributed by atoms with van der Waals surface area (Å²) < 4.78 is 0. The molecule has 0 N–H and O–H groups in total. The van der Waals surface area contributed by atoms with Gasteiger partial charge in [-0.05, 0) is 39.9 Å². The van der Waals surface area contributed by atoms with Crippen molar-refractivity contribution in [3.63, 3.8) is 0 Å². The van der Waals surface area contributed by atoms with Gasteiger partial charge in [0, 0.05) is 11.0 Å². The van der Waals surface area contributed by atoms with Crippen LogP contribution in [0.15, 0.2) is 4.99 Å². The summed E-state index contributed by atoms with van der Waals surface area (Å²) in [5, 5.41) is 0.566. The van der Waals surface area contributed by atoms with Crippen molar-refractivity contribution in [1.82, 2.24) is 0 Å². The summed E-state index contributed by atoms with van der Waals surface area (Å²) in [4.78, 5) is 4.74. The highest BCUT2D eigenvalue weighted by molar-refractivity contribution is 8.00. The van der Waals surface area contributed by atoms with Gasteiger partial charge in [0.05, 0.1) is 5.54 Å². The first-order valence-corrected chi connectivity index (χ1v) is 6.15. The number of nitrogens with zero attached hydrogens (tertiary/aromatic N) is 1. The van der Waals surface area contributed by atoms with Crippen LogP contribution < -0.4 is 0 Å². The lowest BCUT2D eigenvalue weighted by atomic mass is 10.0. The maximum Gasteiger partial charge on any atom is 0.0549 e. The van der Waals surface area contributed by atoms with E-state index in [2.05, 4.69) is 41.5 Å². The van der Waals surface area contributed by atoms with E-state index in [4.69, 9.17) is 4.99 Å². The van der Waals surface area contributed by atoms with Gasteiger partial charge in [-0.25, -0.2) is 0 Å². The molecule has 0 aliphatic rings. The number of aliphatic imine (C=N–C) groups is 1. The normalized spacial score (nSPS) is 16.0. The van der Waals surface area contributed by atoms with Gasteiger partial charge in [0.1, 0.15) is 0 Å². The number of hydrogen-bond donors (Lipinski definition) is 0. The highest BCUT2D eigenvalue weighted by Gasteiger charge is 2.15. The van der Waals surface area contributed by atoms with Gasteiger partial charge in [0.15, 0.2) is 0 Å². The molecule has 2 heteroatoms. The lowest BCUT2D eigenvalue weighted by Gasteiger charge is -2.20. The van der Waals surface area contributed by atoms with Crippen LogP contribution in [0.2, 0.25) is 0 Å². The SMILES string of the molecule is CCSC(C)C(C)=NC(C)(C)CC. The predicted octanol–water partition coefficient (Wildman–Crippen LogP) is 3.78. The molecule has 13 heavy (non-hydrogen) atoms. The largest absolute Gasteiger partial charge is 0.287 e. The summed E-state index contributed by atoms with van der Waals surface area (Å²) in [7, 11) is 0. The fourth-order valence-electron chi connectivity index (χ4n) is 1.02. The van der Waals surface area contributed by atoms with E-state index in [-0.39, 0.29) is 5.54 Å². The van der Waals surface area contributed by atoms with Gasteiger partial charge in [-0.15, -0.1) is 0 Å². The third-order valence-electron chi connectivity index (χ3n) is 2.35. The Morgan fingerprint density at radius 2 is 1.92 bits per heavy atom. The molecule has 0 amide bonds. The maximum absolute atomic E-state index is 4.74. The third kappa shape index (κ3) is 5.35. The summed E-state index contributed by atoms with van der Waals surface area (Å²) in [6.45, 7) is 13.1. The molecule has 0 saturated heterocycles. The molecule has 0 aliphatic heterocycles. The van der Waals surface area contributed by atoms with Crippen molar-refractivity contribution < 1.29 is 0 Å². The second kappa shape index (κ2) is 5.69. The van der Waals surface area contributed by atoms with Crippen molar-refractivity contribution in [3.05, 3.63) is 0 Å². The summed E-state index contributed by atoms with van der Waals surface area (Å²) in [5.74, 6) is 1.17. The Morgan fingerprint density at radius 1 is 1.38 bits per heavy atom. The quantitative estimate of drug-likeness (QED) is 0.617. The molecule has 1 unspecified atom stereocenters. The van der Waals surface area contributed by atoms with Crippen molar-refractivity contribution in [2.45, 2.75) is 58.8 Å². The summed E-state index contributed by atoms with van der Waals surface area (Å²) in [6, 6.07) is 0. The minimum Gasteiger partial charge on any atom is -0.287 e. The van der Waals surface area contributed by atoms with Gasteiger partial charge >= 0.3 is 0 Å². The zero-order valence-corrected chi connectivity index (χ0v) is 10.7. The molecule has 1 nitrogen and oxygen atoms in total. The van der Waals surface area contributed by atoms with Gasteiger partial charge in [0.25, 0.3) is 0 Å². The molecule has 0 rings (SSSR count). The molecule has 0 aromatic rings. The second-order valence-corrected chi connectivity index (χ2v) is 5.63. The van der Waals surface area contributed by atoms with E-state index in [0.29, 0.717) is 5.25 Å². The van der Waals surface area contributed by atoms with Crippen molar-refractivity contribution in [3.8, 4) is 0 Å². The van der Waals surface area contributed by atoms with Gasteiger partial charge in [-0.3, -0.25) is 4.99 Å². The Kier molecular flexibility index (Phi) is 5.70. The summed E-state index contributed by atoms with van der Waals surface area (Å²) >= 11 is 1.96. The topological polar surface area (TPSA) is 12.4 Å². The fourth-order valence-corrected chi connectivity index (χ4v) is 1.81. The Labute approximate surface area is 87.4 Å². The summed E-state index contributed by atoms with van der Waals surface area (Å²) in [6.07, 6.45) is 1.11. The second-order valence-electron chi connectivity index (χ2n) is 4.02. The third-order valence-corrected chi connectivity index (χ3v) is 3.52. The molecule has 0 radical (unpaired) electrons. The molecule has 0 heterocycles. The van der Waals surface area contributed by atoms with Gasteiger partial charge < -0.3 is 0 Å². The molecule has 0 spiro atoms. The minimum atomic E-state index is 0.118. The molecular formula is C11H23NS. The average Bonchev–Trinajstić information content (AvgIpc) is 2.04. The van der Waals surface area contributed by atoms with Crippen molar-refractivity contribution in [2.75, 3.05) is 5.75 Å². The van der Waals surface area contributed by atoms with Crippen LogP contribution in [0.4, 0.5) is 0 Å². The van der Waals surface area contributed by atoms with Gasteiger partial charge in [-0.1, -0.05) is 13.8 Å². The van der Waals surface area contributed by atoms with Crippen molar-refractivity contribution in [1.29, 1.82) is 0 Å². The average molecular weight is 201 g/mol. The van der Waals surface area contributed by atoms with Crippen LogP contribution in [0.3, 0.4) is 0 Å². The molecular weight excluding hydrogens is 178 g/mol. The van der Waals surface area contributed by atoms with Gasteiger partial charge in [0.2, 0.25) is 0 Å². The van der Waals surface area contributed by atoms with E-state index < -0.39 is 0 Å². The first-order valence-electron chi connectivity index (χ1n) is 5.11. The molecule has 0 aromatic heterocycles. The van der Waals surface area contributed by atoms with E-state index >= 15 is 0 Å². The molecule has 0 aliphatic carbocycles. The smallest absolute Gasteiger partial charge is 0.0549 e. The van der Waals surface area contributed by atoms with E-state index in [1.807, 2.05) is 11.8 Å². The van der Waals surface area contributed by atoms with Crippen LogP contribution in [0, 0.1) is 0 Å². The first kappa shape index (κ1) is 13.0. The molecule has 0 saturated carbocycles. The zero-order chi connectivity index (χ0) is 10.5. The maximum atomic E-state index is 4.74. The number of rotatable bonds is 5. The van der Waals surface area contributed by atoms with E-state index in [9.17, 15) is 0 Å². The zero-order valence-electron chi connectivity index (χ0n) is 9.85. The van der Waals surface area contributed by atoms with Gasteiger partial charge in [-0.2, -0.15) is 11.8 Å². The van der Waals surface area contributed by atoms with Crippen LogP contribution in [-0.2, 0) is 0 Å². The van der Waals surface area contributed by atoms with E-state index in [1.54, 1.807) is 0 Å². The highest BCUT2D eigenvalue weighted by atomic mass is 32.2. The van der Waals surface area contributed by atoms with Crippen LogP contribution in [-0.4, -0.2) is 22.3 Å². The Bertz CT molecular complexity index is 173. The van der Waals surface area contributed by atoms with Crippen LogP contribution in [0.25, 0.3) is 0 Å². The molecule has 0 aromatic carbocycles. The van der Waals surface area contributed by atoms with Crippen LogP contribution in [0.1, 0.15) is 48.0 Å². The fraction of sp³-hybridized carbons (Fsp3) is 0.909. The monoisotopic (exact) mass is 201 g/mol. The van der Waals surface area contributed by atoms with Crippen molar-refractivity contribution >= 4 is 17.5 Å². The first-order chi connectivity index (χ1) is 5.93. The minimum absolute atomic E-state index is 0.118. The number of thioether (sulfide) groups is 1. The van der Waals surface area contributed by atoms with Crippen LogP contribution >= 0.6 is 11.8 Å². The van der Waals surface area contributed by atoms with Crippen molar-refractivity contribution in [2.24, 2.45) is 4.99 Å². The lowest BCUT2D eigenvalue weighted by Crippen LogP contribution is -2.21. The van der Waals surface area contributed by atoms with Crippen LogP contribution in [0.5, 0.6) is 0 Å². The Balaban J connectivity index is 4.30. The molecule has 0 fully saturated rings. The molecule has 78 valence electrons. The Morgan fingerprint density at radius 3 is 2.31 bits per heavy atom.